The van der Waals surface area contributed by atoms with Crippen LogP contribution in [-0.4, -0.2) is 17.6 Å². The molecule has 0 bridgehead atoms. The van der Waals surface area contributed by atoms with Crippen LogP contribution in [0.5, 0.6) is 0 Å². The van der Waals surface area contributed by atoms with Gasteiger partial charge in [0.25, 0.3) is 0 Å². The molecule has 0 saturated heterocycles. The van der Waals surface area contributed by atoms with Crippen LogP contribution in [0.15, 0.2) is 24.4 Å². The summed E-state index contributed by atoms with van der Waals surface area (Å²) in [5.74, 6) is -0.565. The molecule has 0 fully saturated rings. The maximum atomic E-state index is 11.9. The minimum absolute atomic E-state index is 0.139. The standard InChI is InChI=1S/C15H15N3O2/c1-9-5-4-6-12(10(9)2)18-8-11(7-16)13(17)14(18)15(19)20-3/h4-6,8H,17H2,1-3H3. The normalized spacial score (nSPS) is 10.1. The fourth-order valence-corrected chi connectivity index (χ4v) is 2.10. The molecule has 0 saturated carbocycles. The van der Waals surface area contributed by atoms with Gasteiger partial charge in [0.15, 0.2) is 5.69 Å². The van der Waals surface area contributed by atoms with E-state index in [9.17, 15) is 4.79 Å². The summed E-state index contributed by atoms with van der Waals surface area (Å²) in [6.07, 6.45) is 1.56. The number of carbonyl (C=O) groups is 1. The van der Waals surface area contributed by atoms with Gasteiger partial charge in [-0.2, -0.15) is 5.26 Å². The Labute approximate surface area is 117 Å². The summed E-state index contributed by atoms with van der Waals surface area (Å²) in [6, 6.07) is 7.73. The fraction of sp³-hybridized carbons (Fsp3) is 0.200. The van der Waals surface area contributed by atoms with Crippen LogP contribution >= 0.6 is 0 Å². The molecule has 5 heteroatoms. The quantitative estimate of drug-likeness (QED) is 0.848. The summed E-state index contributed by atoms with van der Waals surface area (Å²) in [7, 11) is 1.29. The number of methoxy groups -OCH3 is 1. The predicted octanol–water partition coefficient (Wildman–Crippen LogP) is 2.33. The zero-order chi connectivity index (χ0) is 14.9. The zero-order valence-corrected chi connectivity index (χ0v) is 11.6. The first kappa shape index (κ1) is 13.7. The van der Waals surface area contributed by atoms with Gasteiger partial charge in [-0.15, -0.1) is 0 Å². The second kappa shape index (κ2) is 5.10. The minimum atomic E-state index is -0.565. The molecule has 0 amide bonds. The number of hydrogen-bond donors (Lipinski definition) is 1. The maximum Gasteiger partial charge on any atom is 0.357 e. The number of nitriles is 1. The molecule has 0 aliphatic carbocycles. The van der Waals surface area contributed by atoms with Crippen LogP contribution in [0.1, 0.15) is 27.2 Å². The van der Waals surface area contributed by atoms with Crippen LogP contribution in [0, 0.1) is 25.2 Å². The molecule has 1 aromatic carbocycles. The molecule has 0 aliphatic rings. The predicted molar refractivity (Wildman–Crippen MR) is 75.7 cm³/mol. The Bertz CT molecular complexity index is 723. The monoisotopic (exact) mass is 269 g/mol. The van der Waals surface area contributed by atoms with Gasteiger partial charge in [0.1, 0.15) is 6.07 Å². The first-order valence-electron chi connectivity index (χ1n) is 6.07. The van der Waals surface area contributed by atoms with Crippen molar-refractivity contribution in [2.45, 2.75) is 13.8 Å². The minimum Gasteiger partial charge on any atom is -0.464 e. The smallest absolute Gasteiger partial charge is 0.357 e. The van der Waals surface area contributed by atoms with Gasteiger partial charge in [-0.25, -0.2) is 4.79 Å². The van der Waals surface area contributed by atoms with Crippen molar-refractivity contribution in [1.29, 1.82) is 5.26 Å². The van der Waals surface area contributed by atoms with Crippen molar-refractivity contribution in [3.8, 4) is 11.8 Å². The number of nitrogens with two attached hydrogens (primary N) is 1. The Morgan fingerprint density at radius 3 is 2.70 bits per heavy atom. The summed E-state index contributed by atoms with van der Waals surface area (Å²) >= 11 is 0. The average Bonchev–Trinajstić information content (AvgIpc) is 2.77. The number of carbonyl (C=O) groups excluding carboxylic acids is 1. The first-order valence-corrected chi connectivity index (χ1v) is 6.07. The van der Waals surface area contributed by atoms with Crippen molar-refractivity contribution < 1.29 is 9.53 Å². The number of aromatic nitrogens is 1. The summed E-state index contributed by atoms with van der Waals surface area (Å²) in [6.45, 7) is 3.93. The number of esters is 1. The maximum absolute atomic E-state index is 11.9. The topological polar surface area (TPSA) is 81.0 Å². The van der Waals surface area contributed by atoms with Crippen molar-refractivity contribution in [2.75, 3.05) is 12.8 Å². The van der Waals surface area contributed by atoms with Gasteiger partial charge < -0.3 is 15.0 Å². The Kier molecular flexibility index (Phi) is 3.49. The zero-order valence-electron chi connectivity index (χ0n) is 11.6. The third-order valence-electron chi connectivity index (χ3n) is 3.38. The Morgan fingerprint density at radius 2 is 2.10 bits per heavy atom. The molecule has 102 valence electrons. The third kappa shape index (κ3) is 2.01. The number of benzene rings is 1. The third-order valence-corrected chi connectivity index (χ3v) is 3.38. The van der Waals surface area contributed by atoms with Gasteiger partial charge in [0.2, 0.25) is 0 Å². The number of ether oxygens (including phenoxy) is 1. The summed E-state index contributed by atoms with van der Waals surface area (Å²) in [4.78, 5) is 11.9. The van der Waals surface area contributed by atoms with E-state index in [4.69, 9.17) is 15.7 Å². The molecule has 2 N–H and O–H groups in total. The van der Waals surface area contributed by atoms with E-state index in [-0.39, 0.29) is 16.9 Å². The Balaban J connectivity index is 2.77. The van der Waals surface area contributed by atoms with Crippen molar-refractivity contribution in [3.05, 3.63) is 46.8 Å². The molecular formula is C15H15N3O2. The molecule has 1 heterocycles. The fourth-order valence-electron chi connectivity index (χ4n) is 2.10. The van der Waals surface area contributed by atoms with Gasteiger partial charge in [-0.3, -0.25) is 0 Å². The van der Waals surface area contributed by atoms with Gasteiger partial charge in [-0.1, -0.05) is 12.1 Å². The highest BCUT2D eigenvalue weighted by Crippen LogP contribution is 2.27. The summed E-state index contributed by atoms with van der Waals surface area (Å²) in [5.41, 5.74) is 9.35. The number of nitrogen functional groups attached to an aromatic ring is 1. The molecule has 0 aliphatic heterocycles. The van der Waals surface area contributed by atoms with Crippen LogP contribution in [0.25, 0.3) is 5.69 Å². The Hall–Kier alpha value is -2.74. The van der Waals surface area contributed by atoms with Gasteiger partial charge in [-0.05, 0) is 31.0 Å². The highest BCUT2D eigenvalue weighted by molar-refractivity contribution is 5.96. The van der Waals surface area contributed by atoms with Crippen molar-refractivity contribution in [3.63, 3.8) is 0 Å². The largest absolute Gasteiger partial charge is 0.464 e. The highest BCUT2D eigenvalue weighted by Gasteiger charge is 2.22. The first-order chi connectivity index (χ1) is 9.51. The van der Waals surface area contributed by atoms with E-state index >= 15 is 0 Å². The van der Waals surface area contributed by atoms with Crippen molar-refractivity contribution >= 4 is 11.7 Å². The lowest BCUT2D eigenvalue weighted by atomic mass is 10.1. The number of rotatable bonds is 2. The Morgan fingerprint density at radius 1 is 1.40 bits per heavy atom. The molecule has 0 unspecified atom stereocenters. The van der Waals surface area contributed by atoms with E-state index < -0.39 is 5.97 Å². The molecule has 5 nitrogen and oxygen atoms in total. The van der Waals surface area contributed by atoms with Crippen LogP contribution in [0.4, 0.5) is 5.69 Å². The molecular weight excluding hydrogens is 254 g/mol. The van der Waals surface area contributed by atoms with Crippen LogP contribution < -0.4 is 5.73 Å². The van der Waals surface area contributed by atoms with Crippen LogP contribution in [-0.2, 0) is 4.74 Å². The van der Waals surface area contributed by atoms with Crippen LogP contribution in [0.3, 0.4) is 0 Å². The molecule has 0 atom stereocenters. The van der Waals surface area contributed by atoms with E-state index in [0.717, 1.165) is 16.8 Å². The second-order valence-corrected chi connectivity index (χ2v) is 4.50. The van der Waals surface area contributed by atoms with Crippen molar-refractivity contribution in [1.82, 2.24) is 4.57 Å². The van der Waals surface area contributed by atoms with E-state index in [1.807, 2.05) is 38.1 Å². The second-order valence-electron chi connectivity index (χ2n) is 4.50. The molecule has 2 aromatic rings. The molecule has 0 spiro atoms. The number of hydrogen-bond acceptors (Lipinski definition) is 4. The molecule has 2 rings (SSSR count). The van der Waals surface area contributed by atoms with E-state index in [0.29, 0.717) is 0 Å². The molecule has 20 heavy (non-hydrogen) atoms. The lowest BCUT2D eigenvalue weighted by Gasteiger charge is -2.12. The van der Waals surface area contributed by atoms with Crippen LogP contribution in [0.2, 0.25) is 0 Å². The molecule has 1 aromatic heterocycles. The summed E-state index contributed by atoms with van der Waals surface area (Å²) < 4.78 is 6.37. The van der Waals surface area contributed by atoms with Gasteiger partial charge in [0, 0.05) is 11.9 Å². The summed E-state index contributed by atoms with van der Waals surface area (Å²) in [5, 5.41) is 9.09. The highest BCUT2D eigenvalue weighted by atomic mass is 16.5. The molecule has 0 radical (unpaired) electrons. The van der Waals surface area contributed by atoms with Gasteiger partial charge in [0.05, 0.1) is 18.4 Å². The van der Waals surface area contributed by atoms with Gasteiger partial charge >= 0.3 is 5.97 Å². The van der Waals surface area contributed by atoms with Crippen molar-refractivity contribution in [2.24, 2.45) is 0 Å². The number of aryl methyl sites for hydroxylation is 1. The van der Waals surface area contributed by atoms with E-state index in [2.05, 4.69) is 0 Å². The lowest BCUT2D eigenvalue weighted by Crippen LogP contribution is -2.12. The number of nitrogens with zero attached hydrogens (tertiary/aromatic N) is 2. The SMILES string of the molecule is COC(=O)c1c(N)c(C#N)cn1-c1cccc(C)c1C. The number of anilines is 1. The van der Waals surface area contributed by atoms with E-state index in [1.165, 1.54) is 7.11 Å². The average molecular weight is 269 g/mol. The lowest BCUT2D eigenvalue weighted by molar-refractivity contribution is 0.0593. The van der Waals surface area contributed by atoms with E-state index in [1.54, 1.807) is 10.8 Å².